The fraction of sp³-hybridized carbons (Fsp3) is 0.308. The summed E-state index contributed by atoms with van der Waals surface area (Å²) in [6.45, 7) is 1.85. The number of hydrogen-bond acceptors (Lipinski definition) is 4. The van der Waals surface area contributed by atoms with Crippen molar-refractivity contribution >= 4 is 12.1 Å². The molecule has 0 spiro atoms. The minimum atomic E-state index is -0.293. The van der Waals surface area contributed by atoms with Crippen LogP contribution in [0.3, 0.4) is 0 Å². The molecule has 2 N–H and O–H groups in total. The molecule has 0 atom stereocenters. The van der Waals surface area contributed by atoms with Crippen molar-refractivity contribution in [3.05, 3.63) is 40.6 Å². The van der Waals surface area contributed by atoms with Crippen molar-refractivity contribution in [2.24, 2.45) is 5.10 Å². The number of carbonyl (C=O) groups excluding carboxylic acids is 1. The molecule has 3 rings (SSSR count). The molecule has 2 aromatic heterocycles. The predicted molar refractivity (Wildman–Crippen MR) is 69.1 cm³/mol. The summed E-state index contributed by atoms with van der Waals surface area (Å²) in [5.41, 5.74) is 4.99. The number of nitrogens with zero attached hydrogens (tertiary/aromatic N) is 2. The molecule has 0 fully saturated rings. The summed E-state index contributed by atoms with van der Waals surface area (Å²) in [7, 11) is 0. The van der Waals surface area contributed by atoms with Gasteiger partial charge in [-0.15, -0.1) is 0 Å². The van der Waals surface area contributed by atoms with Crippen LogP contribution in [0.2, 0.25) is 0 Å². The first-order chi connectivity index (χ1) is 9.24. The zero-order valence-corrected chi connectivity index (χ0v) is 10.6. The Hall–Kier alpha value is -2.37. The smallest absolute Gasteiger partial charge is 0.292 e. The van der Waals surface area contributed by atoms with Gasteiger partial charge in [0.25, 0.3) is 5.91 Å². The molecule has 0 bridgehead atoms. The molecule has 2 aromatic rings. The monoisotopic (exact) mass is 258 g/mol. The number of aromatic amines is 1. The fourth-order valence-corrected chi connectivity index (χ4v) is 2.24. The van der Waals surface area contributed by atoms with Crippen LogP contribution in [-0.2, 0) is 12.8 Å². The molecule has 0 unspecified atom stereocenters. The number of hydrazone groups is 1. The van der Waals surface area contributed by atoms with Gasteiger partial charge in [0, 0.05) is 11.3 Å². The first-order valence-corrected chi connectivity index (χ1v) is 6.20. The van der Waals surface area contributed by atoms with E-state index in [4.69, 9.17) is 4.42 Å². The van der Waals surface area contributed by atoms with E-state index in [1.807, 2.05) is 13.0 Å². The van der Waals surface area contributed by atoms with Gasteiger partial charge < -0.3 is 4.42 Å². The third-order valence-corrected chi connectivity index (χ3v) is 3.14. The van der Waals surface area contributed by atoms with Crippen LogP contribution >= 0.6 is 0 Å². The number of aromatic nitrogens is 2. The van der Waals surface area contributed by atoms with Crippen molar-refractivity contribution in [1.29, 1.82) is 0 Å². The summed E-state index contributed by atoms with van der Waals surface area (Å²) in [5, 5.41) is 10.8. The molecule has 0 saturated heterocycles. The van der Waals surface area contributed by atoms with Gasteiger partial charge in [0.05, 0.1) is 6.21 Å². The number of nitrogens with one attached hydrogen (secondary N) is 2. The van der Waals surface area contributed by atoms with Crippen molar-refractivity contribution in [2.45, 2.75) is 26.2 Å². The lowest BCUT2D eigenvalue weighted by Gasteiger charge is -1.97. The van der Waals surface area contributed by atoms with Crippen molar-refractivity contribution in [2.75, 3.05) is 0 Å². The fourth-order valence-electron chi connectivity index (χ4n) is 2.24. The third-order valence-electron chi connectivity index (χ3n) is 3.14. The van der Waals surface area contributed by atoms with Gasteiger partial charge in [-0.1, -0.05) is 0 Å². The molecule has 2 heterocycles. The Morgan fingerprint density at radius 3 is 3.21 bits per heavy atom. The van der Waals surface area contributed by atoms with Gasteiger partial charge in [-0.2, -0.15) is 10.2 Å². The van der Waals surface area contributed by atoms with Gasteiger partial charge in [-0.25, -0.2) is 5.43 Å². The Balaban J connectivity index is 1.67. The summed E-state index contributed by atoms with van der Waals surface area (Å²) >= 11 is 0. The molecule has 6 heteroatoms. The van der Waals surface area contributed by atoms with E-state index in [1.165, 1.54) is 6.21 Å². The van der Waals surface area contributed by atoms with Crippen LogP contribution in [0, 0.1) is 6.92 Å². The summed E-state index contributed by atoms with van der Waals surface area (Å²) in [6, 6.07) is 3.63. The minimum absolute atomic E-state index is 0.293. The van der Waals surface area contributed by atoms with E-state index in [0.717, 1.165) is 36.3 Å². The average molecular weight is 258 g/mol. The number of amides is 1. The van der Waals surface area contributed by atoms with E-state index in [1.54, 1.807) is 6.07 Å². The van der Waals surface area contributed by atoms with Gasteiger partial charge in [0.15, 0.2) is 5.69 Å². The summed E-state index contributed by atoms with van der Waals surface area (Å²) in [6.07, 6.45) is 4.40. The largest absolute Gasteiger partial charge is 0.460 e. The highest BCUT2D eigenvalue weighted by Crippen LogP contribution is 2.22. The number of carbonyl (C=O) groups is 1. The number of fused-ring (bicyclic) bond motifs is 1. The quantitative estimate of drug-likeness (QED) is 0.647. The van der Waals surface area contributed by atoms with Crippen LogP contribution in [0.15, 0.2) is 21.7 Å². The molecule has 98 valence electrons. The van der Waals surface area contributed by atoms with Crippen LogP contribution in [0.5, 0.6) is 0 Å². The van der Waals surface area contributed by atoms with Crippen molar-refractivity contribution in [3.8, 4) is 0 Å². The highest BCUT2D eigenvalue weighted by Gasteiger charge is 2.22. The maximum atomic E-state index is 11.9. The molecule has 19 heavy (non-hydrogen) atoms. The van der Waals surface area contributed by atoms with Crippen LogP contribution < -0.4 is 5.43 Å². The predicted octanol–water partition coefficient (Wildman–Crippen LogP) is 1.56. The topological polar surface area (TPSA) is 83.3 Å². The van der Waals surface area contributed by atoms with Crippen molar-refractivity contribution < 1.29 is 9.21 Å². The van der Waals surface area contributed by atoms with Gasteiger partial charge in [0.2, 0.25) is 0 Å². The SMILES string of the molecule is Cc1ccc(C=NNC(=O)c2n[nH]c3c2CCC3)o1. The Morgan fingerprint density at radius 1 is 1.53 bits per heavy atom. The van der Waals surface area contributed by atoms with E-state index >= 15 is 0 Å². The molecule has 0 radical (unpaired) electrons. The molecule has 0 aromatic carbocycles. The van der Waals surface area contributed by atoms with Crippen molar-refractivity contribution in [1.82, 2.24) is 15.6 Å². The van der Waals surface area contributed by atoms with E-state index < -0.39 is 0 Å². The summed E-state index contributed by atoms with van der Waals surface area (Å²) in [4.78, 5) is 11.9. The molecular weight excluding hydrogens is 244 g/mol. The maximum absolute atomic E-state index is 11.9. The second-order valence-corrected chi connectivity index (χ2v) is 4.53. The molecule has 1 amide bonds. The van der Waals surface area contributed by atoms with Crippen LogP contribution in [0.1, 0.15) is 39.7 Å². The number of rotatable bonds is 3. The Bertz CT molecular complexity index is 639. The zero-order valence-electron chi connectivity index (χ0n) is 10.6. The maximum Gasteiger partial charge on any atom is 0.292 e. The summed E-state index contributed by atoms with van der Waals surface area (Å²) in [5.74, 6) is 1.11. The molecule has 0 saturated carbocycles. The summed E-state index contributed by atoms with van der Waals surface area (Å²) < 4.78 is 5.31. The Kier molecular flexibility index (Phi) is 2.91. The van der Waals surface area contributed by atoms with Gasteiger partial charge in [0.1, 0.15) is 11.5 Å². The first-order valence-electron chi connectivity index (χ1n) is 6.20. The standard InChI is InChI=1S/C13H14N4O2/c1-8-5-6-9(19-8)7-14-17-13(18)12-10-3-2-4-11(10)15-16-12/h5-7H,2-4H2,1H3,(H,15,16)(H,17,18). The van der Waals surface area contributed by atoms with E-state index in [9.17, 15) is 4.79 Å². The lowest BCUT2D eigenvalue weighted by atomic mass is 10.2. The molecule has 1 aliphatic carbocycles. The lowest BCUT2D eigenvalue weighted by molar-refractivity contribution is 0.0949. The van der Waals surface area contributed by atoms with Gasteiger partial charge in [-0.3, -0.25) is 9.89 Å². The zero-order chi connectivity index (χ0) is 13.2. The second-order valence-electron chi connectivity index (χ2n) is 4.53. The number of H-pyrrole nitrogens is 1. The number of aryl methyl sites for hydroxylation is 2. The van der Waals surface area contributed by atoms with E-state index in [2.05, 4.69) is 20.7 Å². The minimum Gasteiger partial charge on any atom is -0.460 e. The number of furan rings is 1. The van der Waals surface area contributed by atoms with E-state index in [0.29, 0.717) is 11.5 Å². The molecule has 6 nitrogen and oxygen atoms in total. The van der Waals surface area contributed by atoms with E-state index in [-0.39, 0.29) is 5.91 Å². The van der Waals surface area contributed by atoms with Crippen LogP contribution in [0.4, 0.5) is 0 Å². The highest BCUT2D eigenvalue weighted by molar-refractivity contribution is 5.94. The second kappa shape index (κ2) is 4.72. The lowest BCUT2D eigenvalue weighted by Crippen LogP contribution is -2.19. The Morgan fingerprint density at radius 2 is 2.42 bits per heavy atom. The van der Waals surface area contributed by atoms with Gasteiger partial charge >= 0.3 is 0 Å². The normalized spacial score (nSPS) is 13.9. The van der Waals surface area contributed by atoms with Gasteiger partial charge in [-0.05, 0) is 38.3 Å². The molecule has 1 aliphatic rings. The average Bonchev–Trinajstić information content (AvgIpc) is 3.04. The van der Waals surface area contributed by atoms with Crippen LogP contribution in [0.25, 0.3) is 0 Å². The highest BCUT2D eigenvalue weighted by atomic mass is 16.3. The third kappa shape index (κ3) is 2.29. The Labute approximate surface area is 109 Å². The van der Waals surface area contributed by atoms with Crippen molar-refractivity contribution in [3.63, 3.8) is 0 Å². The number of hydrogen-bond donors (Lipinski definition) is 2. The van der Waals surface area contributed by atoms with Crippen LogP contribution in [-0.4, -0.2) is 22.3 Å². The first kappa shape index (κ1) is 11.7. The molecular formula is C13H14N4O2. The molecule has 0 aliphatic heterocycles.